The van der Waals surface area contributed by atoms with Gasteiger partial charge in [0.05, 0.1) is 5.69 Å². The number of carbonyl (C=O) groups excluding carboxylic acids is 1. The van der Waals surface area contributed by atoms with Crippen molar-refractivity contribution >= 4 is 11.8 Å². The van der Waals surface area contributed by atoms with Crippen LogP contribution >= 0.6 is 0 Å². The highest BCUT2D eigenvalue weighted by molar-refractivity contribution is 5.88. The molecule has 0 bridgehead atoms. The average molecular weight is 293 g/mol. The quantitative estimate of drug-likeness (QED) is 0.817. The molecule has 2 N–H and O–H groups in total. The van der Waals surface area contributed by atoms with E-state index in [2.05, 4.69) is 20.6 Å². The van der Waals surface area contributed by atoms with Crippen LogP contribution in [0.1, 0.15) is 37.8 Å². The summed E-state index contributed by atoms with van der Waals surface area (Å²) in [4.78, 5) is 14.3. The normalized spacial score (nSPS) is 16.5. The van der Waals surface area contributed by atoms with Gasteiger partial charge in [-0.2, -0.15) is 5.10 Å². The van der Waals surface area contributed by atoms with Crippen LogP contribution in [-0.2, 0) is 7.05 Å². The van der Waals surface area contributed by atoms with Gasteiger partial charge in [-0.1, -0.05) is 12.8 Å². The summed E-state index contributed by atoms with van der Waals surface area (Å²) >= 11 is 0. The Morgan fingerprint density at radius 2 is 2.00 bits per heavy atom. The Hall–Kier alpha value is -1.56. The second kappa shape index (κ2) is 8.02. The molecule has 1 aliphatic rings. The van der Waals surface area contributed by atoms with Crippen LogP contribution in [0.5, 0.6) is 0 Å². The number of likely N-dealkylation sites (tertiary alicyclic amines) is 1. The molecule has 0 saturated carbocycles. The van der Waals surface area contributed by atoms with E-state index in [1.165, 1.54) is 38.8 Å². The zero-order valence-corrected chi connectivity index (χ0v) is 13.2. The number of anilines is 1. The molecule has 0 unspecified atom stereocenters. The Balaban J connectivity index is 1.61. The lowest BCUT2D eigenvalue weighted by Crippen LogP contribution is -2.33. The van der Waals surface area contributed by atoms with Crippen LogP contribution in [0, 0.1) is 6.92 Å². The second-order valence-corrected chi connectivity index (χ2v) is 5.78. The van der Waals surface area contributed by atoms with Gasteiger partial charge < -0.3 is 10.2 Å². The van der Waals surface area contributed by atoms with Gasteiger partial charge in [-0.25, -0.2) is 4.79 Å². The van der Waals surface area contributed by atoms with Gasteiger partial charge in [-0.05, 0) is 45.8 Å². The molecular weight excluding hydrogens is 266 g/mol. The minimum absolute atomic E-state index is 0.158. The molecule has 0 radical (unpaired) electrons. The zero-order chi connectivity index (χ0) is 15.1. The van der Waals surface area contributed by atoms with Gasteiger partial charge in [0.25, 0.3) is 0 Å². The Kier molecular flexibility index (Phi) is 6.04. The number of hydrogen-bond acceptors (Lipinski definition) is 3. The van der Waals surface area contributed by atoms with Crippen LogP contribution in [0.4, 0.5) is 10.6 Å². The highest BCUT2D eigenvalue weighted by atomic mass is 16.2. The number of nitrogens with zero attached hydrogens (tertiary/aromatic N) is 3. The smallest absolute Gasteiger partial charge is 0.320 e. The van der Waals surface area contributed by atoms with E-state index in [-0.39, 0.29) is 6.03 Å². The minimum atomic E-state index is -0.158. The molecule has 1 aliphatic heterocycles. The molecule has 0 aliphatic carbocycles. The van der Waals surface area contributed by atoms with Crippen molar-refractivity contribution in [1.82, 2.24) is 20.0 Å². The molecule has 2 rings (SSSR count). The molecule has 1 fully saturated rings. The third-order valence-electron chi connectivity index (χ3n) is 3.88. The highest BCUT2D eigenvalue weighted by Gasteiger charge is 2.09. The second-order valence-electron chi connectivity index (χ2n) is 5.78. The number of aromatic nitrogens is 2. The average Bonchev–Trinajstić information content (AvgIpc) is 2.67. The van der Waals surface area contributed by atoms with Gasteiger partial charge in [-0.15, -0.1) is 0 Å². The van der Waals surface area contributed by atoms with Gasteiger partial charge in [0.15, 0.2) is 0 Å². The van der Waals surface area contributed by atoms with Crippen molar-refractivity contribution in [1.29, 1.82) is 0 Å². The van der Waals surface area contributed by atoms with Crippen LogP contribution in [0.3, 0.4) is 0 Å². The predicted molar refractivity (Wildman–Crippen MR) is 84.5 cm³/mol. The van der Waals surface area contributed by atoms with E-state index >= 15 is 0 Å². The van der Waals surface area contributed by atoms with Crippen molar-refractivity contribution in [3.63, 3.8) is 0 Å². The molecule has 2 amide bonds. The predicted octanol–water partition coefficient (Wildman–Crippen LogP) is 2.12. The Morgan fingerprint density at radius 1 is 1.29 bits per heavy atom. The summed E-state index contributed by atoms with van der Waals surface area (Å²) in [7, 11) is 1.82. The maximum absolute atomic E-state index is 11.8. The topological polar surface area (TPSA) is 62.2 Å². The van der Waals surface area contributed by atoms with Crippen molar-refractivity contribution < 1.29 is 4.79 Å². The third kappa shape index (κ3) is 5.38. The summed E-state index contributed by atoms with van der Waals surface area (Å²) in [6.07, 6.45) is 6.35. The molecule has 21 heavy (non-hydrogen) atoms. The van der Waals surface area contributed by atoms with Gasteiger partial charge in [0.1, 0.15) is 5.82 Å². The zero-order valence-electron chi connectivity index (χ0n) is 13.2. The summed E-state index contributed by atoms with van der Waals surface area (Å²) < 4.78 is 1.67. The van der Waals surface area contributed by atoms with E-state index in [1.54, 1.807) is 4.68 Å². The number of urea groups is 1. The van der Waals surface area contributed by atoms with E-state index in [1.807, 2.05) is 20.0 Å². The van der Waals surface area contributed by atoms with Crippen molar-refractivity contribution in [2.45, 2.75) is 39.0 Å². The fourth-order valence-electron chi connectivity index (χ4n) is 2.75. The van der Waals surface area contributed by atoms with Crippen LogP contribution in [0.25, 0.3) is 0 Å². The van der Waals surface area contributed by atoms with Crippen LogP contribution in [-0.4, -0.2) is 46.9 Å². The first-order valence-corrected chi connectivity index (χ1v) is 7.93. The number of rotatable bonds is 5. The monoisotopic (exact) mass is 293 g/mol. The lowest BCUT2D eigenvalue weighted by atomic mass is 10.2. The molecule has 118 valence electrons. The first kappa shape index (κ1) is 15.8. The number of carbonyl (C=O) groups is 1. The fraction of sp³-hybridized carbons (Fsp3) is 0.733. The molecule has 2 heterocycles. The molecule has 1 aromatic heterocycles. The Morgan fingerprint density at radius 3 is 2.62 bits per heavy atom. The van der Waals surface area contributed by atoms with Crippen molar-refractivity contribution in [2.24, 2.45) is 7.05 Å². The molecule has 1 saturated heterocycles. The van der Waals surface area contributed by atoms with Gasteiger partial charge >= 0.3 is 6.03 Å². The number of hydrogen-bond donors (Lipinski definition) is 2. The van der Waals surface area contributed by atoms with Crippen molar-refractivity contribution in [3.8, 4) is 0 Å². The van der Waals surface area contributed by atoms with E-state index in [0.29, 0.717) is 6.54 Å². The maximum atomic E-state index is 11.8. The Labute approximate surface area is 126 Å². The van der Waals surface area contributed by atoms with Crippen LogP contribution in [0.15, 0.2) is 6.07 Å². The van der Waals surface area contributed by atoms with E-state index in [4.69, 9.17) is 0 Å². The first-order chi connectivity index (χ1) is 10.1. The van der Waals surface area contributed by atoms with Gasteiger partial charge in [-0.3, -0.25) is 10.00 Å². The molecule has 0 aromatic carbocycles. The van der Waals surface area contributed by atoms with E-state index in [9.17, 15) is 4.79 Å². The number of nitrogens with one attached hydrogen (secondary N) is 2. The van der Waals surface area contributed by atoms with Gasteiger partial charge in [0.2, 0.25) is 0 Å². The summed E-state index contributed by atoms with van der Waals surface area (Å²) in [5.74, 6) is 0.720. The lowest BCUT2D eigenvalue weighted by Gasteiger charge is -2.19. The standard InChI is InChI=1S/C15H27N5O/c1-13-12-14(19(2)18-13)17-15(21)16-8-7-11-20-9-5-3-4-6-10-20/h12H,3-11H2,1-2H3,(H2,16,17,21). The molecule has 1 aromatic rings. The van der Waals surface area contributed by atoms with E-state index < -0.39 is 0 Å². The molecule has 6 heteroatoms. The molecule has 0 spiro atoms. The first-order valence-electron chi connectivity index (χ1n) is 7.93. The SMILES string of the molecule is Cc1cc(NC(=O)NCCCN2CCCCCC2)n(C)n1. The van der Waals surface area contributed by atoms with E-state index in [0.717, 1.165) is 24.5 Å². The number of amides is 2. The highest BCUT2D eigenvalue weighted by Crippen LogP contribution is 2.09. The fourth-order valence-corrected chi connectivity index (χ4v) is 2.75. The minimum Gasteiger partial charge on any atom is -0.338 e. The molecule has 6 nitrogen and oxygen atoms in total. The molecule has 0 atom stereocenters. The van der Waals surface area contributed by atoms with Crippen molar-refractivity contribution in [2.75, 3.05) is 31.5 Å². The molecular formula is C15H27N5O. The Bertz CT molecular complexity index is 449. The largest absolute Gasteiger partial charge is 0.338 e. The summed E-state index contributed by atoms with van der Waals surface area (Å²) in [5.41, 5.74) is 0.897. The maximum Gasteiger partial charge on any atom is 0.320 e. The summed E-state index contributed by atoms with van der Waals surface area (Å²) in [5, 5.41) is 9.92. The third-order valence-corrected chi connectivity index (χ3v) is 3.88. The van der Waals surface area contributed by atoms with Crippen LogP contribution < -0.4 is 10.6 Å². The lowest BCUT2D eigenvalue weighted by molar-refractivity contribution is 0.249. The van der Waals surface area contributed by atoms with Gasteiger partial charge in [0, 0.05) is 19.7 Å². The summed E-state index contributed by atoms with van der Waals surface area (Å²) in [6.45, 7) is 6.11. The number of aryl methyl sites for hydroxylation is 2. The van der Waals surface area contributed by atoms with Crippen molar-refractivity contribution in [3.05, 3.63) is 11.8 Å². The van der Waals surface area contributed by atoms with Crippen LogP contribution in [0.2, 0.25) is 0 Å². The summed E-state index contributed by atoms with van der Waals surface area (Å²) in [6, 6.07) is 1.70.